The van der Waals surface area contributed by atoms with Crippen LogP contribution in [-0.4, -0.2) is 97.8 Å². The van der Waals surface area contributed by atoms with Gasteiger partial charge in [-0.3, -0.25) is 19.6 Å². The summed E-state index contributed by atoms with van der Waals surface area (Å²) in [5, 5.41) is 3.96. The fourth-order valence-corrected chi connectivity index (χ4v) is 9.52. The number of hydrogen-bond acceptors (Lipinski definition) is 7. The number of urea groups is 1. The lowest BCUT2D eigenvalue weighted by atomic mass is 9.66. The van der Waals surface area contributed by atoms with Crippen LogP contribution in [0.5, 0.6) is 5.75 Å². The molecule has 1 saturated heterocycles. The Balaban J connectivity index is 1.72. The summed E-state index contributed by atoms with van der Waals surface area (Å²) in [4.78, 5) is 37.8. The highest BCUT2D eigenvalue weighted by Crippen LogP contribution is 2.54. The number of nitrogens with one attached hydrogen (secondary N) is 2. The molecule has 3 amide bonds. The zero-order valence-electron chi connectivity index (χ0n) is 31.3. The number of amidine groups is 1. The number of halogens is 3. The minimum absolute atomic E-state index is 0.0287. The second-order valence-electron chi connectivity index (χ2n) is 14.9. The molecule has 3 aliphatic rings. The van der Waals surface area contributed by atoms with Gasteiger partial charge in [0.15, 0.2) is 0 Å². The third-order valence-electron chi connectivity index (χ3n) is 10.1. The third kappa shape index (κ3) is 8.58. The SMILES string of the molecule is CCOc1cc(Cl)c(S(=O)(=O)NC(C)(C)C)cc1C1=N[C@@](C)(C2C=CC(Cl)=CC2)[C@@](C)(c2ccc(Cl)cc2)N1C(=O)N1CCN(CCNC(C)=O)CC1. The zero-order valence-corrected chi connectivity index (χ0v) is 34.4. The molecule has 0 aromatic heterocycles. The average molecular weight is 808 g/mol. The molecule has 1 aliphatic carbocycles. The second kappa shape index (κ2) is 15.9. The number of benzene rings is 2. The molecule has 288 valence electrons. The Labute approximate surface area is 328 Å². The molecule has 53 heavy (non-hydrogen) atoms. The molecule has 0 saturated carbocycles. The molecule has 2 aromatic carbocycles. The third-order valence-corrected chi connectivity index (χ3v) is 12.9. The first kappa shape index (κ1) is 41.0. The molecule has 1 fully saturated rings. The summed E-state index contributed by atoms with van der Waals surface area (Å²) in [5.74, 6) is 0.229. The van der Waals surface area contributed by atoms with Gasteiger partial charge in [-0.05, 0) is 77.8 Å². The van der Waals surface area contributed by atoms with E-state index in [0.717, 1.165) is 5.56 Å². The van der Waals surface area contributed by atoms with Crippen LogP contribution in [0.15, 0.2) is 69.5 Å². The Bertz CT molecular complexity index is 1920. The fourth-order valence-electron chi connectivity index (χ4n) is 7.27. The number of rotatable bonds is 10. The molecule has 5 rings (SSSR count). The van der Waals surface area contributed by atoms with Gasteiger partial charge < -0.3 is 15.0 Å². The molecule has 3 atom stereocenters. The molecule has 0 spiro atoms. The molecule has 0 radical (unpaired) electrons. The van der Waals surface area contributed by atoms with Crippen molar-refractivity contribution in [2.75, 3.05) is 45.9 Å². The minimum Gasteiger partial charge on any atom is -0.493 e. The number of nitrogens with zero attached hydrogens (tertiary/aromatic N) is 4. The molecule has 2 heterocycles. The van der Waals surface area contributed by atoms with Crippen LogP contribution in [-0.2, 0) is 20.4 Å². The van der Waals surface area contributed by atoms with Crippen LogP contribution < -0.4 is 14.8 Å². The summed E-state index contributed by atoms with van der Waals surface area (Å²) in [7, 11) is -4.14. The van der Waals surface area contributed by atoms with Crippen molar-refractivity contribution in [2.24, 2.45) is 10.9 Å². The van der Waals surface area contributed by atoms with E-state index in [9.17, 15) is 13.2 Å². The Morgan fingerprint density at radius 1 is 1.04 bits per heavy atom. The lowest BCUT2D eigenvalue weighted by Crippen LogP contribution is -2.62. The minimum atomic E-state index is -4.14. The Hall–Kier alpha value is -3.13. The van der Waals surface area contributed by atoms with Crippen molar-refractivity contribution in [3.05, 3.63) is 80.8 Å². The van der Waals surface area contributed by atoms with Gasteiger partial charge in [-0.15, -0.1) is 0 Å². The van der Waals surface area contributed by atoms with Gasteiger partial charge in [-0.1, -0.05) is 59.1 Å². The van der Waals surface area contributed by atoms with Crippen molar-refractivity contribution < 1.29 is 22.7 Å². The topological polar surface area (TPSA) is 124 Å². The van der Waals surface area contributed by atoms with Crippen LogP contribution in [0, 0.1) is 5.92 Å². The molecular weight excluding hydrogens is 759 g/mol. The van der Waals surface area contributed by atoms with E-state index in [4.69, 9.17) is 44.5 Å². The van der Waals surface area contributed by atoms with Crippen LogP contribution >= 0.6 is 34.8 Å². The molecular formula is C38H49Cl3N6O5S. The molecule has 2 N–H and O–H groups in total. The van der Waals surface area contributed by atoms with Gasteiger partial charge in [-0.2, -0.15) is 0 Å². The summed E-state index contributed by atoms with van der Waals surface area (Å²) < 4.78 is 36.6. The first-order valence-corrected chi connectivity index (χ1v) is 20.4. The number of aliphatic imine (C=N–C) groups is 1. The van der Waals surface area contributed by atoms with Crippen LogP contribution in [0.2, 0.25) is 10.0 Å². The van der Waals surface area contributed by atoms with E-state index < -0.39 is 26.6 Å². The van der Waals surface area contributed by atoms with E-state index in [2.05, 4.69) is 14.9 Å². The monoisotopic (exact) mass is 806 g/mol. The van der Waals surface area contributed by atoms with Crippen LogP contribution in [0.25, 0.3) is 0 Å². The Morgan fingerprint density at radius 2 is 1.70 bits per heavy atom. The van der Waals surface area contributed by atoms with E-state index in [0.29, 0.717) is 61.3 Å². The second-order valence-corrected chi connectivity index (χ2v) is 17.9. The van der Waals surface area contributed by atoms with Crippen LogP contribution in [0.1, 0.15) is 66.0 Å². The number of amides is 3. The molecule has 2 aliphatic heterocycles. The predicted octanol–water partition coefficient (Wildman–Crippen LogP) is 6.78. The standard InChI is InChI=1S/C38H49Cl3N6O5S/c1-8-52-32-24-31(41)33(53(50,51)44-36(3,4)5)23-30(32)34-43-37(6,26-9-13-28(39)14-10-26)38(7,27-11-15-29(40)16-12-27)47(34)35(49)46-21-19-45(20-22-46)18-17-42-25(2)48/h9,11-16,23-24,26,44H,8,10,17-22H2,1-7H3,(H,42,48)/t26?,37-,38+/m0/s1. The Morgan fingerprint density at radius 3 is 2.26 bits per heavy atom. The number of hydrogen-bond donors (Lipinski definition) is 2. The average Bonchev–Trinajstić information content (AvgIpc) is 3.32. The zero-order chi connectivity index (χ0) is 38.9. The summed E-state index contributed by atoms with van der Waals surface area (Å²) in [6.45, 7) is 16.0. The lowest BCUT2D eigenvalue weighted by Gasteiger charge is -2.49. The highest BCUT2D eigenvalue weighted by atomic mass is 35.5. The highest BCUT2D eigenvalue weighted by Gasteiger charge is 2.62. The maximum absolute atomic E-state index is 15.3. The normalized spacial score (nSPS) is 23.8. The maximum Gasteiger partial charge on any atom is 0.326 e. The van der Waals surface area contributed by atoms with E-state index in [1.165, 1.54) is 19.1 Å². The van der Waals surface area contributed by atoms with E-state index in [1.807, 2.05) is 51.1 Å². The maximum atomic E-state index is 15.3. The molecule has 2 aromatic rings. The van der Waals surface area contributed by atoms with Crippen molar-refractivity contribution >= 4 is 62.6 Å². The molecule has 1 unspecified atom stereocenters. The quantitative estimate of drug-likeness (QED) is 0.273. The number of sulfonamides is 1. The van der Waals surface area contributed by atoms with Crippen molar-refractivity contribution in [1.82, 2.24) is 24.7 Å². The van der Waals surface area contributed by atoms with E-state index in [1.54, 1.807) is 42.7 Å². The van der Waals surface area contributed by atoms with Crippen LogP contribution in [0.3, 0.4) is 0 Å². The van der Waals surface area contributed by atoms with Crippen molar-refractivity contribution in [3.63, 3.8) is 0 Å². The van der Waals surface area contributed by atoms with Crippen LogP contribution in [0.4, 0.5) is 4.79 Å². The first-order chi connectivity index (χ1) is 24.8. The van der Waals surface area contributed by atoms with Gasteiger partial charge in [0.2, 0.25) is 15.9 Å². The Kier molecular flexibility index (Phi) is 12.3. The highest BCUT2D eigenvalue weighted by molar-refractivity contribution is 7.89. The number of carbonyl (C=O) groups is 2. The predicted molar refractivity (Wildman–Crippen MR) is 212 cm³/mol. The number of carbonyl (C=O) groups excluding carboxylic acids is 2. The van der Waals surface area contributed by atoms with Gasteiger partial charge in [-0.25, -0.2) is 17.9 Å². The molecule has 15 heteroatoms. The van der Waals surface area contributed by atoms with Crippen molar-refractivity contribution in [1.29, 1.82) is 0 Å². The smallest absolute Gasteiger partial charge is 0.326 e. The van der Waals surface area contributed by atoms with E-state index >= 15 is 4.79 Å². The van der Waals surface area contributed by atoms with Crippen molar-refractivity contribution in [3.8, 4) is 5.75 Å². The van der Waals surface area contributed by atoms with Gasteiger partial charge in [0, 0.05) is 73.8 Å². The number of ether oxygens (including phenoxy) is 1. The molecule has 11 nitrogen and oxygen atoms in total. The lowest BCUT2D eigenvalue weighted by molar-refractivity contribution is -0.119. The van der Waals surface area contributed by atoms with Gasteiger partial charge in [0.05, 0.1) is 28.3 Å². The number of piperazine rings is 1. The summed E-state index contributed by atoms with van der Waals surface area (Å²) in [6.07, 6.45) is 6.36. The number of allylic oxidation sites excluding steroid dienone is 3. The summed E-state index contributed by atoms with van der Waals surface area (Å²) in [6, 6.07) is 10.0. The molecule has 0 bridgehead atoms. The summed E-state index contributed by atoms with van der Waals surface area (Å²) >= 11 is 19.5. The largest absolute Gasteiger partial charge is 0.493 e. The van der Waals surface area contributed by atoms with Gasteiger partial charge in [0.25, 0.3) is 0 Å². The first-order valence-electron chi connectivity index (χ1n) is 17.8. The van der Waals surface area contributed by atoms with Crippen molar-refractivity contribution in [2.45, 2.75) is 76.4 Å². The van der Waals surface area contributed by atoms with Gasteiger partial charge in [0.1, 0.15) is 16.5 Å². The van der Waals surface area contributed by atoms with E-state index in [-0.39, 0.29) is 46.0 Å². The fraction of sp³-hybridized carbons (Fsp3) is 0.500. The van der Waals surface area contributed by atoms with Gasteiger partial charge >= 0.3 is 6.03 Å². The summed E-state index contributed by atoms with van der Waals surface area (Å²) in [5.41, 5.74) is -1.85.